The number of aromatic nitrogens is 2. The maximum atomic E-state index is 13.3. The Hall–Kier alpha value is -0.149. The summed E-state index contributed by atoms with van der Waals surface area (Å²) in [6, 6.07) is 1.68. The molecule has 2 aliphatic heterocycles. The number of nitrogen functional groups attached to an aromatic ring is 1. The van der Waals surface area contributed by atoms with Gasteiger partial charge in [0.05, 0.1) is 21.9 Å². The Kier molecular flexibility index (Phi) is 9.90. The molecule has 3 heterocycles. The standard InChI is InChI=1S/C26H46IN3O4SSi3/c1-17(2)37(18(3)4)32-16-21-23(33-38(34-37,19(5)6)20(7)8)24(27)26(35-21,13-15-36(9,10)11)30-14-12-22(28)29-25(30)31/h12,14,17-21,23-24H,16H2,1-11H3,(H2,28,29,31)/t21-,23-,24-,26-/m1/s1. The van der Waals surface area contributed by atoms with Gasteiger partial charge in [-0.2, -0.15) is 4.98 Å². The molecule has 1 aromatic heterocycles. The molecule has 4 atom stereocenters. The molecule has 0 saturated carbocycles. The minimum Gasteiger partial charge on any atom is -0.414 e. The highest BCUT2D eigenvalue weighted by atomic mass is 127. The van der Waals surface area contributed by atoms with E-state index in [1.807, 2.05) is 0 Å². The van der Waals surface area contributed by atoms with Gasteiger partial charge in [-0.25, -0.2) is 4.79 Å². The number of thioether (sulfide) groups is 1. The quantitative estimate of drug-likeness (QED) is 0.168. The summed E-state index contributed by atoms with van der Waals surface area (Å²) in [5.41, 5.74) is 10.1. The molecule has 0 aromatic carbocycles. The van der Waals surface area contributed by atoms with Gasteiger partial charge >= 0.3 is 22.8 Å². The number of halogens is 1. The molecule has 0 bridgehead atoms. The fraction of sp³-hybridized carbons (Fsp3) is 0.769. The topological polar surface area (TPSA) is 88.6 Å². The van der Waals surface area contributed by atoms with Crippen LogP contribution in [0, 0.1) is 11.5 Å². The average molecular weight is 708 g/mol. The molecule has 0 amide bonds. The van der Waals surface area contributed by atoms with E-state index in [1.165, 1.54) is 0 Å². The van der Waals surface area contributed by atoms with Crippen LogP contribution in [0.25, 0.3) is 0 Å². The third-order valence-corrected chi connectivity index (χ3v) is 22.3. The van der Waals surface area contributed by atoms with Gasteiger partial charge in [0, 0.05) is 6.20 Å². The van der Waals surface area contributed by atoms with Gasteiger partial charge in [0.15, 0.2) is 4.87 Å². The second-order valence-corrected chi connectivity index (χ2v) is 29.2. The molecule has 214 valence electrons. The number of nitrogens with zero attached hydrogens (tertiary/aromatic N) is 2. The summed E-state index contributed by atoms with van der Waals surface area (Å²) in [5, 5.41) is -0.00469. The number of hydrogen-bond donors (Lipinski definition) is 1. The number of nitrogens with two attached hydrogens (primary N) is 1. The van der Waals surface area contributed by atoms with E-state index < -0.39 is 30.1 Å². The fourth-order valence-electron chi connectivity index (χ4n) is 5.47. The molecule has 2 N–H and O–H groups in total. The molecule has 2 saturated heterocycles. The van der Waals surface area contributed by atoms with Crippen LogP contribution in [-0.4, -0.2) is 56.6 Å². The van der Waals surface area contributed by atoms with E-state index in [4.69, 9.17) is 18.7 Å². The van der Waals surface area contributed by atoms with E-state index in [9.17, 15) is 4.79 Å². The lowest BCUT2D eigenvalue weighted by Gasteiger charge is -2.51. The maximum absolute atomic E-state index is 13.3. The van der Waals surface area contributed by atoms with Crippen molar-refractivity contribution in [3.63, 3.8) is 0 Å². The smallest absolute Gasteiger partial charge is 0.351 e. The van der Waals surface area contributed by atoms with Gasteiger partial charge in [-0.3, -0.25) is 4.57 Å². The molecule has 38 heavy (non-hydrogen) atoms. The van der Waals surface area contributed by atoms with Crippen molar-refractivity contribution in [1.29, 1.82) is 0 Å². The first-order chi connectivity index (χ1) is 17.4. The van der Waals surface area contributed by atoms with Crippen LogP contribution >= 0.6 is 34.4 Å². The van der Waals surface area contributed by atoms with Crippen LogP contribution < -0.4 is 11.4 Å². The zero-order valence-electron chi connectivity index (χ0n) is 24.8. The Morgan fingerprint density at radius 3 is 2.13 bits per heavy atom. The number of rotatable bonds is 5. The van der Waals surface area contributed by atoms with Crippen molar-refractivity contribution < 1.29 is 13.0 Å². The number of alkyl halides is 1. The van der Waals surface area contributed by atoms with E-state index >= 15 is 0 Å². The van der Waals surface area contributed by atoms with Crippen LogP contribution in [0.5, 0.6) is 0 Å². The molecular weight excluding hydrogens is 662 g/mol. The first-order valence-electron chi connectivity index (χ1n) is 13.7. The second-order valence-electron chi connectivity index (χ2n) is 12.8. The molecule has 0 radical (unpaired) electrons. The lowest BCUT2D eigenvalue weighted by atomic mass is 10.1. The molecular formula is C26H46IN3O4SSi3. The van der Waals surface area contributed by atoms with Crippen LogP contribution in [0.15, 0.2) is 17.1 Å². The lowest BCUT2D eigenvalue weighted by molar-refractivity contribution is 0.0735. The van der Waals surface area contributed by atoms with Crippen molar-refractivity contribution >= 4 is 65.4 Å². The highest BCUT2D eigenvalue weighted by Crippen LogP contribution is 2.56. The van der Waals surface area contributed by atoms with Crippen molar-refractivity contribution in [2.24, 2.45) is 0 Å². The Bertz CT molecular complexity index is 1120. The number of fused-ring (bicyclic) bond motifs is 1. The fourth-order valence-corrected chi connectivity index (χ4v) is 21.3. The summed E-state index contributed by atoms with van der Waals surface area (Å²) < 4.78 is 23.3. The summed E-state index contributed by atoms with van der Waals surface area (Å²) in [6.07, 6.45) is 1.55. The van der Waals surface area contributed by atoms with Crippen LogP contribution in [0.4, 0.5) is 5.82 Å². The summed E-state index contributed by atoms with van der Waals surface area (Å²) >= 11 is 4.16. The van der Waals surface area contributed by atoms with Gasteiger partial charge in [-0.1, -0.05) is 104 Å². The molecule has 12 heteroatoms. The van der Waals surface area contributed by atoms with Crippen molar-refractivity contribution in [2.75, 3.05) is 12.3 Å². The summed E-state index contributed by atoms with van der Waals surface area (Å²) in [6.45, 7) is 25.0. The molecule has 3 rings (SSSR count). The lowest BCUT2D eigenvalue weighted by Crippen LogP contribution is -2.65. The second kappa shape index (κ2) is 11.6. The zero-order chi connectivity index (χ0) is 28.8. The molecule has 0 spiro atoms. The van der Waals surface area contributed by atoms with Gasteiger partial charge in [-0.15, -0.1) is 17.3 Å². The van der Waals surface area contributed by atoms with Crippen molar-refractivity contribution in [1.82, 2.24) is 9.55 Å². The predicted octanol–water partition coefficient (Wildman–Crippen LogP) is 6.23. The van der Waals surface area contributed by atoms with Crippen molar-refractivity contribution in [3.05, 3.63) is 22.7 Å². The van der Waals surface area contributed by atoms with Crippen LogP contribution in [0.3, 0.4) is 0 Å². The monoisotopic (exact) mass is 707 g/mol. The van der Waals surface area contributed by atoms with Crippen molar-refractivity contribution in [3.8, 4) is 11.5 Å². The zero-order valence-corrected chi connectivity index (χ0v) is 30.8. The Morgan fingerprint density at radius 2 is 1.66 bits per heavy atom. The molecule has 7 nitrogen and oxygen atoms in total. The van der Waals surface area contributed by atoms with Gasteiger partial charge in [-0.05, 0) is 28.2 Å². The van der Waals surface area contributed by atoms with Crippen LogP contribution in [-0.2, 0) is 17.8 Å². The molecule has 0 unspecified atom stereocenters. The minimum atomic E-state index is -2.80. The largest absolute Gasteiger partial charge is 0.414 e. The van der Waals surface area contributed by atoms with E-state index in [-0.39, 0.29) is 49.0 Å². The third-order valence-electron chi connectivity index (χ3n) is 7.49. The van der Waals surface area contributed by atoms with E-state index in [2.05, 4.69) is 114 Å². The molecule has 2 fully saturated rings. The molecule has 2 aliphatic rings. The van der Waals surface area contributed by atoms with Gasteiger partial charge in [0.25, 0.3) is 0 Å². The predicted molar refractivity (Wildman–Crippen MR) is 175 cm³/mol. The van der Waals surface area contributed by atoms with Gasteiger partial charge in [0.1, 0.15) is 13.9 Å². The Morgan fingerprint density at radius 1 is 1.11 bits per heavy atom. The first-order valence-corrected chi connectivity index (χ1v) is 23.2. The molecule has 1 aromatic rings. The highest BCUT2D eigenvalue weighted by molar-refractivity contribution is 14.1. The average Bonchev–Trinajstić information content (AvgIpc) is 3.02. The highest BCUT2D eigenvalue weighted by Gasteiger charge is 2.64. The first kappa shape index (κ1) is 32.4. The van der Waals surface area contributed by atoms with Gasteiger partial charge < -0.3 is 18.7 Å². The summed E-state index contributed by atoms with van der Waals surface area (Å²) in [7, 11) is -7.23. The van der Waals surface area contributed by atoms with Crippen molar-refractivity contribution in [2.45, 2.75) is 117 Å². The van der Waals surface area contributed by atoms with E-state index in [1.54, 1.807) is 28.6 Å². The van der Waals surface area contributed by atoms with Crippen LogP contribution in [0.2, 0.25) is 41.8 Å². The third kappa shape index (κ3) is 5.91. The maximum Gasteiger partial charge on any atom is 0.351 e. The Balaban J connectivity index is 2.26. The van der Waals surface area contributed by atoms with E-state index in [0.717, 1.165) is 0 Å². The SMILES string of the molecule is CC(C)[Si]1(C(C)C)OC[C@H]2S[C@@](C#C[Si](C)(C)C)(n3ccc(N)nc3=O)[C@H](I)[C@@H]2O[Si](C(C)C)(C(C)C)O1. The number of hydrogen-bond acceptors (Lipinski definition) is 7. The summed E-state index contributed by atoms with van der Waals surface area (Å²) in [4.78, 5) is 16.5. The minimum absolute atomic E-state index is 0.00469. The summed E-state index contributed by atoms with van der Waals surface area (Å²) in [5.74, 6) is 3.82. The van der Waals surface area contributed by atoms with Gasteiger partial charge in [0.2, 0.25) is 0 Å². The number of anilines is 1. The Labute approximate surface area is 250 Å². The van der Waals surface area contributed by atoms with Crippen LogP contribution in [0.1, 0.15) is 55.4 Å². The molecule has 0 aliphatic carbocycles. The van der Waals surface area contributed by atoms with E-state index in [0.29, 0.717) is 6.61 Å². The normalized spacial score (nSPS) is 29.2.